The Morgan fingerprint density at radius 1 is 1.21 bits per heavy atom. The summed E-state index contributed by atoms with van der Waals surface area (Å²) in [5.41, 5.74) is 6.71. The molecular formula is C20H19N5O3S. The predicted molar refractivity (Wildman–Crippen MR) is 114 cm³/mol. The van der Waals surface area contributed by atoms with Crippen molar-refractivity contribution in [1.82, 2.24) is 20.4 Å². The molecule has 8 nitrogen and oxygen atoms in total. The van der Waals surface area contributed by atoms with Gasteiger partial charge in [-0.05, 0) is 49.0 Å². The molecule has 0 atom stereocenters. The summed E-state index contributed by atoms with van der Waals surface area (Å²) >= 11 is 5.21. The summed E-state index contributed by atoms with van der Waals surface area (Å²) in [4.78, 5) is 29.5. The van der Waals surface area contributed by atoms with Crippen LogP contribution in [-0.4, -0.2) is 27.7 Å². The number of anilines is 1. The van der Waals surface area contributed by atoms with E-state index in [9.17, 15) is 9.59 Å². The molecule has 0 bridgehead atoms. The molecule has 3 aromatic rings. The Morgan fingerprint density at radius 2 is 2.03 bits per heavy atom. The zero-order chi connectivity index (χ0) is 20.4. The molecular weight excluding hydrogens is 390 g/mol. The van der Waals surface area contributed by atoms with Crippen molar-refractivity contribution in [2.75, 3.05) is 12.4 Å². The predicted octanol–water partition coefficient (Wildman–Crippen LogP) is 1.98. The number of carbonyl (C=O) groups excluding carboxylic acids is 1. The van der Waals surface area contributed by atoms with Gasteiger partial charge in [-0.1, -0.05) is 12.1 Å². The van der Waals surface area contributed by atoms with Gasteiger partial charge in [0.25, 0.3) is 11.5 Å². The number of nitrogens with zero attached hydrogens (tertiary/aromatic N) is 2. The lowest BCUT2D eigenvalue weighted by Gasteiger charge is -2.14. The molecule has 0 saturated carbocycles. The van der Waals surface area contributed by atoms with Gasteiger partial charge in [0.2, 0.25) is 0 Å². The number of rotatable bonds is 3. The summed E-state index contributed by atoms with van der Waals surface area (Å²) in [6.07, 6.45) is 1.68. The van der Waals surface area contributed by atoms with Crippen molar-refractivity contribution < 1.29 is 9.53 Å². The van der Waals surface area contributed by atoms with Gasteiger partial charge in [0.05, 0.1) is 23.7 Å². The van der Waals surface area contributed by atoms with Gasteiger partial charge >= 0.3 is 0 Å². The SMILES string of the molecule is COc1ccccc1NC(=S)NNC(=O)c1ccc2c(=O)n3c(nc2c1)CCC3. The van der Waals surface area contributed by atoms with E-state index in [4.69, 9.17) is 17.0 Å². The van der Waals surface area contributed by atoms with Crippen LogP contribution in [0.15, 0.2) is 47.3 Å². The second kappa shape index (κ2) is 7.88. The van der Waals surface area contributed by atoms with E-state index in [-0.39, 0.29) is 10.7 Å². The Morgan fingerprint density at radius 3 is 2.86 bits per heavy atom. The highest BCUT2D eigenvalue weighted by Gasteiger charge is 2.17. The molecule has 148 valence electrons. The van der Waals surface area contributed by atoms with E-state index in [0.29, 0.717) is 34.4 Å². The van der Waals surface area contributed by atoms with Gasteiger partial charge < -0.3 is 10.1 Å². The summed E-state index contributed by atoms with van der Waals surface area (Å²) in [5.74, 6) is 1.00. The third kappa shape index (κ3) is 3.77. The van der Waals surface area contributed by atoms with E-state index in [0.717, 1.165) is 18.7 Å². The first kappa shape index (κ1) is 18.9. The Bertz CT molecular complexity index is 1170. The molecule has 0 saturated heterocycles. The van der Waals surface area contributed by atoms with E-state index in [1.165, 1.54) is 0 Å². The molecule has 29 heavy (non-hydrogen) atoms. The maximum atomic E-state index is 12.5. The number of amides is 1. The minimum absolute atomic E-state index is 0.0604. The molecule has 1 aliphatic rings. The number of carbonyl (C=O) groups is 1. The number of methoxy groups -OCH3 is 1. The van der Waals surface area contributed by atoms with Crippen LogP contribution in [0.3, 0.4) is 0 Å². The molecule has 0 fully saturated rings. The summed E-state index contributed by atoms with van der Waals surface area (Å²) in [5, 5.41) is 3.67. The van der Waals surface area contributed by atoms with Crippen LogP contribution in [0, 0.1) is 0 Å². The Kier molecular flexibility index (Phi) is 5.13. The lowest BCUT2D eigenvalue weighted by molar-refractivity contribution is 0.0944. The number of aryl methyl sites for hydroxylation is 1. The van der Waals surface area contributed by atoms with Crippen LogP contribution in [0.4, 0.5) is 5.69 Å². The maximum absolute atomic E-state index is 12.5. The molecule has 9 heteroatoms. The molecule has 0 spiro atoms. The average Bonchev–Trinajstić information content (AvgIpc) is 3.21. The molecule has 1 aliphatic heterocycles. The number of ether oxygens (including phenoxy) is 1. The second-order valence-corrected chi connectivity index (χ2v) is 6.96. The van der Waals surface area contributed by atoms with Crippen molar-refractivity contribution in [1.29, 1.82) is 0 Å². The van der Waals surface area contributed by atoms with Crippen LogP contribution in [0.5, 0.6) is 5.75 Å². The first-order chi connectivity index (χ1) is 14.1. The first-order valence-corrected chi connectivity index (χ1v) is 9.51. The number of para-hydroxylation sites is 2. The number of benzene rings is 2. The second-order valence-electron chi connectivity index (χ2n) is 6.55. The number of aromatic nitrogens is 2. The van der Waals surface area contributed by atoms with Crippen molar-refractivity contribution >= 4 is 39.8 Å². The fraction of sp³-hybridized carbons (Fsp3) is 0.200. The topological polar surface area (TPSA) is 97.3 Å². The van der Waals surface area contributed by atoms with Crippen molar-refractivity contribution in [3.8, 4) is 5.75 Å². The normalized spacial score (nSPS) is 12.3. The third-order valence-corrected chi connectivity index (χ3v) is 4.93. The van der Waals surface area contributed by atoms with Gasteiger partial charge in [-0.3, -0.25) is 25.0 Å². The zero-order valence-electron chi connectivity index (χ0n) is 15.7. The van der Waals surface area contributed by atoms with Crippen molar-refractivity contribution in [2.24, 2.45) is 0 Å². The highest BCUT2D eigenvalue weighted by atomic mass is 32.1. The monoisotopic (exact) mass is 409 g/mol. The van der Waals surface area contributed by atoms with Crippen molar-refractivity contribution in [2.45, 2.75) is 19.4 Å². The van der Waals surface area contributed by atoms with Gasteiger partial charge in [-0.15, -0.1) is 0 Å². The molecule has 0 unspecified atom stereocenters. The van der Waals surface area contributed by atoms with Crippen LogP contribution >= 0.6 is 12.2 Å². The molecule has 1 amide bonds. The van der Waals surface area contributed by atoms with Crippen molar-refractivity contribution in [3.05, 3.63) is 64.2 Å². The molecule has 3 N–H and O–H groups in total. The van der Waals surface area contributed by atoms with Crippen LogP contribution in [-0.2, 0) is 13.0 Å². The zero-order valence-corrected chi connectivity index (χ0v) is 16.5. The van der Waals surface area contributed by atoms with E-state index in [1.807, 2.05) is 12.1 Å². The minimum Gasteiger partial charge on any atom is -0.495 e. The largest absolute Gasteiger partial charge is 0.495 e. The smallest absolute Gasteiger partial charge is 0.269 e. The molecule has 0 radical (unpaired) electrons. The Balaban J connectivity index is 1.46. The highest BCUT2D eigenvalue weighted by Crippen LogP contribution is 2.22. The van der Waals surface area contributed by atoms with Crippen LogP contribution in [0.2, 0.25) is 0 Å². The molecule has 2 heterocycles. The quantitative estimate of drug-likeness (QED) is 0.450. The number of hydrogen-bond donors (Lipinski definition) is 3. The number of nitrogens with one attached hydrogen (secondary N) is 3. The van der Waals surface area contributed by atoms with Crippen LogP contribution in [0.1, 0.15) is 22.6 Å². The number of fused-ring (bicyclic) bond motifs is 2. The molecule has 0 aliphatic carbocycles. The van der Waals surface area contributed by atoms with Gasteiger partial charge in [0.15, 0.2) is 5.11 Å². The summed E-state index contributed by atoms with van der Waals surface area (Å²) in [6, 6.07) is 12.1. The minimum atomic E-state index is -0.390. The number of hydrogen-bond acceptors (Lipinski definition) is 5. The number of thiocarbonyl (C=S) groups is 1. The summed E-state index contributed by atoms with van der Waals surface area (Å²) in [7, 11) is 1.56. The summed E-state index contributed by atoms with van der Waals surface area (Å²) in [6.45, 7) is 0.694. The standard InChI is InChI=1S/C20H19N5O3S/c1-28-16-6-3-2-5-14(16)22-20(29)24-23-18(26)12-8-9-13-15(11-12)21-17-7-4-10-25(17)19(13)27/h2-3,5-6,8-9,11H,4,7,10H2,1H3,(H,23,26)(H2,22,24,29). The van der Waals surface area contributed by atoms with Crippen LogP contribution in [0.25, 0.3) is 10.9 Å². The van der Waals surface area contributed by atoms with Gasteiger partial charge in [0.1, 0.15) is 11.6 Å². The number of hydrazine groups is 1. The van der Waals surface area contributed by atoms with Crippen LogP contribution < -0.4 is 26.5 Å². The molecule has 1 aromatic heterocycles. The third-order valence-electron chi connectivity index (χ3n) is 4.72. The van der Waals surface area contributed by atoms with Gasteiger partial charge in [-0.25, -0.2) is 4.98 Å². The summed E-state index contributed by atoms with van der Waals surface area (Å²) < 4.78 is 6.95. The van der Waals surface area contributed by atoms with Gasteiger partial charge in [0, 0.05) is 18.5 Å². The van der Waals surface area contributed by atoms with E-state index >= 15 is 0 Å². The van der Waals surface area contributed by atoms with E-state index in [2.05, 4.69) is 21.2 Å². The molecule has 2 aromatic carbocycles. The van der Waals surface area contributed by atoms with Gasteiger partial charge in [-0.2, -0.15) is 0 Å². The first-order valence-electron chi connectivity index (χ1n) is 9.10. The lowest BCUT2D eigenvalue weighted by Crippen LogP contribution is -2.43. The fourth-order valence-electron chi connectivity index (χ4n) is 3.31. The Hall–Kier alpha value is -3.46. The lowest BCUT2D eigenvalue weighted by atomic mass is 10.1. The van der Waals surface area contributed by atoms with Crippen molar-refractivity contribution in [3.63, 3.8) is 0 Å². The average molecular weight is 409 g/mol. The molecule has 4 rings (SSSR count). The van der Waals surface area contributed by atoms with E-state index < -0.39 is 5.91 Å². The highest BCUT2D eigenvalue weighted by molar-refractivity contribution is 7.80. The maximum Gasteiger partial charge on any atom is 0.269 e. The fourth-order valence-corrected chi connectivity index (χ4v) is 3.47. The van der Waals surface area contributed by atoms with E-state index in [1.54, 1.807) is 42.0 Å². The Labute approximate surface area is 171 Å².